The van der Waals surface area contributed by atoms with Crippen molar-refractivity contribution in [2.45, 2.75) is 19.1 Å². The van der Waals surface area contributed by atoms with Crippen molar-refractivity contribution in [3.63, 3.8) is 0 Å². The van der Waals surface area contributed by atoms with Crippen LogP contribution in [0.2, 0.25) is 0 Å². The number of hydrogen-bond acceptors (Lipinski definition) is 4. The number of nitrogens with zero attached hydrogens (tertiary/aromatic N) is 2. The molecule has 1 aliphatic carbocycles. The number of carboxylic acid groups (broad SMARTS) is 1. The van der Waals surface area contributed by atoms with Crippen LogP contribution in [0.25, 0.3) is 10.9 Å². The van der Waals surface area contributed by atoms with Gasteiger partial charge in [-0.25, -0.2) is 19.0 Å². The van der Waals surface area contributed by atoms with Crippen LogP contribution in [0, 0.1) is 0 Å². The normalized spacial score (nSPS) is 16.9. The molecule has 2 aromatic heterocycles. The summed E-state index contributed by atoms with van der Waals surface area (Å²) in [4.78, 5) is 27.1. The molecule has 1 unspecified atom stereocenters. The van der Waals surface area contributed by atoms with E-state index in [-0.39, 0.29) is 11.3 Å². The number of hydrogen-bond donors (Lipinski definition) is 1. The number of fused-ring (bicyclic) bond motifs is 1. The Morgan fingerprint density at radius 3 is 2.92 bits per heavy atom. The van der Waals surface area contributed by atoms with Crippen molar-refractivity contribution in [2.75, 3.05) is 7.11 Å². The highest BCUT2D eigenvalue weighted by molar-refractivity contribution is 6.05. The number of halogens is 1. The van der Waals surface area contributed by atoms with E-state index < -0.39 is 18.1 Å². The van der Waals surface area contributed by atoms with Gasteiger partial charge in [0.25, 0.3) is 0 Å². The number of carboxylic acids is 1. The molecule has 0 aromatic carbocycles. The Hall–Kier alpha value is -2.96. The summed E-state index contributed by atoms with van der Waals surface area (Å²) in [5.41, 5.74) is 1.58. The van der Waals surface area contributed by atoms with Gasteiger partial charge >= 0.3 is 11.9 Å². The second kappa shape index (κ2) is 6.27. The van der Waals surface area contributed by atoms with E-state index >= 15 is 0 Å². The molecule has 1 atom stereocenters. The summed E-state index contributed by atoms with van der Waals surface area (Å²) < 4.78 is 19.5. The van der Waals surface area contributed by atoms with Gasteiger partial charge in [-0.15, -0.1) is 0 Å². The summed E-state index contributed by atoms with van der Waals surface area (Å²) in [5, 5.41) is 9.80. The summed E-state index contributed by atoms with van der Waals surface area (Å²) in [7, 11) is 1.23. The number of rotatable bonds is 4. The number of aromatic carboxylic acids is 1. The van der Waals surface area contributed by atoms with Crippen molar-refractivity contribution in [1.29, 1.82) is 0 Å². The first kappa shape index (κ1) is 15.9. The fourth-order valence-electron chi connectivity index (χ4n) is 2.66. The molecule has 0 amide bonds. The van der Waals surface area contributed by atoms with E-state index in [0.29, 0.717) is 23.9 Å². The SMILES string of the molecule is COC(=O)c1cc2c(C(=O)O)cn(CC3=CCC(F)C=C3)c2cn1. The van der Waals surface area contributed by atoms with Gasteiger partial charge in [0.05, 0.1) is 24.4 Å². The number of carbonyl (C=O) groups is 2. The lowest BCUT2D eigenvalue weighted by Gasteiger charge is -2.11. The Bertz CT molecular complexity index is 882. The lowest BCUT2D eigenvalue weighted by molar-refractivity contribution is 0.0593. The molecule has 0 bridgehead atoms. The minimum atomic E-state index is -1.10. The van der Waals surface area contributed by atoms with Crippen LogP contribution < -0.4 is 0 Å². The molecule has 0 fully saturated rings. The first-order valence-corrected chi connectivity index (χ1v) is 7.31. The van der Waals surface area contributed by atoms with E-state index in [2.05, 4.69) is 9.72 Å². The van der Waals surface area contributed by atoms with Gasteiger partial charge in [-0.3, -0.25) is 0 Å². The van der Waals surface area contributed by atoms with Gasteiger partial charge in [-0.2, -0.15) is 0 Å². The van der Waals surface area contributed by atoms with Crippen LogP contribution in [0.1, 0.15) is 27.3 Å². The second-order valence-corrected chi connectivity index (χ2v) is 5.44. The fourth-order valence-corrected chi connectivity index (χ4v) is 2.66. The van der Waals surface area contributed by atoms with Crippen LogP contribution in [0.5, 0.6) is 0 Å². The van der Waals surface area contributed by atoms with Crippen molar-refractivity contribution in [3.8, 4) is 0 Å². The highest BCUT2D eigenvalue weighted by atomic mass is 19.1. The number of alkyl halides is 1. The second-order valence-electron chi connectivity index (χ2n) is 5.44. The minimum absolute atomic E-state index is 0.0438. The lowest BCUT2D eigenvalue weighted by atomic mass is 10.1. The number of methoxy groups -OCH3 is 1. The van der Waals surface area contributed by atoms with Crippen molar-refractivity contribution < 1.29 is 23.8 Å². The summed E-state index contributed by atoms with van der Waals surface area (Å²) in [6, 6.07) is 1.41. The molecule has 24 heavy (non-hydrogen) atoms. The van der Waals surface area contributed by atoms with Gasteiger partial charge in [0.1, 0.15) is 11.9 Å². The van der Waals surface area contributed by atoms with Crippen molar-refractivity contribution >= 4 is 22.8 Å². The van der Waals surface area contributed by atoms with Crippen molar-refractivity contribution in [3.05, 3.63) is 53.5 Å². The molecule has 0 saturated heterocycles. The molecule has 0 spiro atoms. The van der Waals surface area contributed by atoms with Gasteiger partial charge in [0.2, 0.25) is 0 Å². The molecular weight excluding hydrogens is 315 g/mol. The van der Waals surface area contributed by atoms with Gasteiger partial charge in [-0.05, 0) is 11.6 Å². The number of allylic oxidation sites excluding steroid dienone is 4. The molecule has 0 aliphatic heterocycles. The number of pyridine rings is 1. The number of carbonyl (C=O) groups excluding carboxylic acids is 1. The summed E-state index contributed by atoms with van der Waals surface area (Å²) in [5.74, 6) is -1.73. The molecule has 6 nitrogen and oxygen atoms in total. The van der Waals surface area contributed by atoms with Crippen LogP contribution >= 0.6 is 0 Å². The van der Waals surface area contributed by atoms with Crippen LogP contribution in [0.4, 0.5) is 4.39 Å². The van der Waals surface area contributed by atoms with Crippen LogP contribution in [0.3, 0.4) is 0 Å². The predicted molar refractivity (Wildman–Crippen MR) is 84.8 cm³/mol. The minimum Gasteiger partial charge on any atom is -0.478 e. The molecule has 2 aromatic rings. The van der Waals surface area contributed by atoms with E-state index in [9.17, 15) is 19.1 Å². The maximum Gasteiger partial charge on any atom is 0.356 e. The molecular formula is C17H15FN2O4. The van der Waals surface area contributed by atoms with E-state index in [0.717, 1.165) is 5.57 Å². The zero-order valence-electron chi connectivity index (χ0n) is 12.9. The Labute approximate surface area is 136 Å². The van der Waals surface area contributed by atoms with Crippen LogP contribution in [-0.2, 0) is 11.3 Å². The molecule has 124 valence electrons. The maximum atomic E-state index is 13.1. The highest BCUT2D eigenvalue weighted by Crippen LogP contribution is 2.24. The molecule has 1 N–H and O–H groups in total. The zero-order chi connectivity index (χ0) is 17.3. The van der Waals surface area contributed by atoms with Crippen molar-refractivity contribution in [2.24, 2.45) is 0 Å². The average molecular weight is 330 g/mol. The molecule has 0 saturated carbocycles. The summed E-state index contributed by atoms with van der Waals surface area (Å²) in [6.45, 7) is 0.395. The predicted octanol–water partition coefficient (Wildman–Crippen LogP) is 2.75. The summed E-state index contributed by atoms with van der Waals surface area (Å²) in [6.07, 6.45) is 7.22. The third-order valence-electron chi connectivity index (χ3n) is 3.87. The molecule has 1 aliphatic rings. The Morgan fingerprint density at radius 2 is 2.29 bits per heavy atom. The molecule has 7 heteroatoms. The van der Waals surface area contributed by atoms with E-state index in [1.165, 1.54) is 31.6 Å². The van der Waals surface area contributed by atoms with Gasteiger partial charge in [0.15, 0.2) is 0 Å². The van der Waals surface area contributed by atoms with E-state index in [1.54, 1.807) is 16.7 Å². The first-order chi connectivity index (χ1) is 11.5. The average Bonchev–Trinajstić information content (AvgIpc) is 2.94. The molecule has 2 heterocycles. The molecule has 3 rings (SSSR count). The number of esters is 1. The van der Waals surface area contributed by atoms with Gasteiger partial charge in [-0.1, -0.05) is 18.2 Å². The van der Waals surface area contributed by atoms with Crippen molar-refractivity contribution in [1.82, 2.24) is 9.55 Å². The smallest absolute Gasteiger partial charge is 0.356 e. The van der Waals surface area contributed by atoms with E-state index in [4.69, 9.17) is 0 Å². The molecule has 0 radical (unpaired) electrons. The lowest BCUT2D eigenvalue weighted by Crippen LogP contribution is -2.06. The largest absolute Gasteiger partial charge is 0.478 e. The Balaban J connectivity index is 2.04. The van der Waals surface area contributed by atoms with Gasteiger partial charge in [0, 0.05) is 24.5 Å². The third kappa shape index (κ3) is 2.92. The monoisotopic (exact) mass is 330 g/mol. The van der Waals surface area contributed by atoms with Gasteiger partial charge < -0.3 is 14.4 Å². The quantitative estimate of drug-likeness (QED) is 0.872. The zero-order valence-corrected chi connectivity index (χ0v) is 12.9. The Kier molecular flexibility index (Phi) is 4.16. The summed E-state index contributed by atoms with van der Waals surface area (Å²) >= 11 is 0. The first-order valence-electron chi connectivity index (χ1n) is 7.31. The Morgan fingerprint density at radius 1 is 1.50 bits per heavy atom. The third-order valence-corrected chi connectivity index (χ3v) is 3.87. The number of ether oxygens (including phenoxy) is 1. The topological polar surface area (TPSA) is 81.4 Å². The maximum absolute atomic E-state index is 13.1. The standard InChI is InChI=1S/C17H15FN2O4/c1-24-17(23)14-6-12-13(16(21)22)9-20(15(12)7-19-14)8-10-2-4-11(18)5-3-10/h2-4,6-7,9,11H,5,8H2,1H3,(H,21,22). The fraction of sp³-hybridized carbons (Fsp3) is 0.235. The highest BCUT2D eigenvalue weighted by Gasteiger charge is 2.18. The van der Waals surface area contributed by atoms with E-state index in [1.807, 2.05) is 0 Å². The number of aromatic nitrogens is 2. The van der Waals surface area contributed by atoms with Crippen LogP contribution in [-0.4, -0.2) is 39.9 Å². The van der Waals surface area contributed by atoms with Crippen LogP contribution in [0.15, 0.2) is 42.3 Å².